The zero-order valence-electron chi connectivity index (χ0n) is 21.5. The number of piperazine rings is 1. The Morgan fingerprint density at radius 3 is 1.74 bits per heavy atom. The van der Waals surface area contributed by atoms with Crippen LogP contribution in [-0.2, 0) is 30.5 Å². The van der Waals surface area contributed by atoms with Crippen molar-refractivity contribution in [1.82, 2.24) is 9.80 Å². The summed E-state index contributed by atoms with van der Waals surface area (Å²) in [5.74, 6) is -7.14. The van der Waals surface area contributed by atoms with Crippen LogP contribution in [0.5, 0.6) is 0 Å². The highest BCUT2D eigenvalue weighted by molar-refractivity contribution is 6.27. The summed E-state index contributed by atoms with van der Waals surface area (Å²) in [7, 11) is 1.86. The van der Waals surface area contributed by atoms with Crippen molar-refractivity contribution >= 4 is 35.5 Å². The van der Waals surface area contributed by atoms with Crippen molar-refractivity contribution in [2.45, 2.75) is 26.4 Å². The first-order valence-corrected chi connectivity index (χ1v) is 11.6. The number of aryl methyl sites for hydroxylation is 1. The first kappa shape index (κ1) is 31.7. The first-order chi connectivity index (χ1) is 17.8. The van der Waals surface area contributed by atoms with Gasteiger partial charge in [-0.15, -0.1) is 0 Å². The van der Waals surface area contributed by atoms with E-state index in [1.54, 1.807) is 4.90 Å². The van der Waals surface area contributed by atoms with Gasteiger partial charge in [-0.2, -0.15) is 0 Å². The van der Waals surface area contributed by atoms with E-state index in [0.29, 0.717) is 0 Å². The maximum atomic E-state index is 12.8. The van der Waals surface area contributed by atoms with Crippen molar-refractivity contribution in [2.24, 2.45) is 0 Å². The van der Waals surface area contributed by atoms with Gasteiger partial charge in [0.2, 0.25) is 5.91 Å². The number of rotatable bonds is 5. The predicted octanol–water partition coefficient (Wildman–Crippen LogP) is 1.48. The van der Waals surface area contributed by atoms with Crippen LogP contribution in [0.15, 0.2) is 54.6 Å². The van der Waals surface area contributed by atoms with Crippen LogP contribution in [0, 0.1) is 6.92 Å². The molecule has 12 heteroatoms. The standard InChI is InChI=1S/C22H29N3O.2C2H2O4/c1-18-8-7-9-20(16-18)17-24-12-14-25(15-13-24)19(2)22(26)23(3)21-10-5-4-6-11-21;2*3-1(4)2(5)6/h4-11,16,19H,12-15,17H2,1-3H3;2*(H,3,4)(H,5,6). The molecule has 1 atom stereocenters. The van der Waals surface area contributed by atoms with Gasteiger partial charge in [-0.1, -0.05) is 48.0 Å². The lowest BCUT2D eigenvalue weighted by molar-refractivity contribution is -0.159. The van der Waals surface area contributed by atoms with Crippen molar-refractivity contribution in [3.63, 3.8) is 0 Å². The van der Waals surface area contributed by atoms with Crippen molar-refractivity contribution in [2.75, 3.05) is 38.1 Å². The maximum absolute atomic E-state index is 12.8. The highest BCUT2D eigenvalue weighted by Crippen LogP contribution is 2.16. The number of carboxylic acids is 4. The molecule has 1 aliphatic rings. The molecular weight excluding hydrogens is 498 g/mol. The molecule has 2 aromatic rings. The fourth-order valence-electron chi connectivity index (χ4n) is 3.59. The van der Waals surface area contributed by atoms with Gasteiger partial charge in [0, 0.05) is 45.5 Å². The summed E-state index contributed by atoms with van der Waals surface area (Å²) in [6.45, 7) is 9.02. The summed E-state index contributed by atoms with van der Waals surface area (Å²) in [5.41, 5.74) is 3.62. The highest BCUT2D eigenvalue weighted by atomic mass is 16.4. The quantitative estimate of drug-likeness (QED) is 0.411. The molecule has 12 nitrogen and oxygen atoms in total. The van der Waals surface area contributed by atoms with Crippen LogP contribution in [0.1, 0.15) is 18.1 Å². The average Bonchev–Trinajstić information content (AvgIpc) is 2.89. The second kappa shape index (κ2) is 15.7. The van der Waals surface area contributed by atoms with Gasteiger partial charge in [0.15, 0.2) is 0 Å². The Balaban J connectivity index is 0.000000503. The summed E-state index contributed by atoms with van der Waals surface area (Å²) < 4.78 is 0. The third kappa shape index (κ3) is 11.2. The Morgan fingerprint density at radius 2 is 1.29 bits per heavy atom. The van der Waals surface area contributed by atoms with E-state index < -0.39 is 23.9 Å². The number of likely N-dealkylation sites (N-methyl/N-ethyl adjacent to an activating group) is 1. The minimum atomic E-state index is -1.82. The Hall–Kier alpha value is -4.29. The van der Waals surface area contributed by atoms with Gasteiger partial charge in [0.05, 0.1) is 6.04 Å². The summed E-state index contributed by atoms with van der Waals surface area (Å²) in [6, 6.07) is 18.5. The second-order valence-corrected chi connectivity index (χ2v) is 8.43. The van der Waals surface area contributed by atoms with Crippen molar-refractivity contribution in [1.29, 1.82) is 0 Å². The van der Waals surface area contributed by atoms with Gasteiger partial charge in [-0.05, 0) is 31.5 Å². The molecule has 1 heterocycles. The van der Waals surface area contributed by atoms with E-state index >= 15 is 0 Å². The third-order valence-electron chi connectivity index (χ3n) is 5.64. The van der Waals surface area contributed by atoms with Crippen LogP contribution in [-0.4, -0.2) is 99.3 Å². The lowest BCUT2D eigenvalue weighted by Crippen LogP contribution is -2.53. The van der Waals surface area contributed by atoms with Crippen molar-refractivity contribution < 1.29 is 44.4 Å². The van der Waals surface area contributed by atoms with Crippen LogP contribution in [0.4, 0.5) is 5.69 Å². The lowest BCUT2D eigenvalue weighted by Gasteiger charge is -2.38. The predicted molar refractivity (Wildman–Crippen MR) is 138 cm³/mol. The molecular formula is C26H33N3O9. The van der Waals surface area contributed by atoms with Crippen molar-refractivity contribution in [3.8, 4) is 0 Å². The molecule has 2 aromatic carbocycles. The number of hydrogen-bond acceptors (Lipinski definition) is 7. The number of carbonyl (C=O) groups excluding carboxylic acids is 1. The van der Waals surface area contributed by atoms with E-state index in [-0.39, 0.29) is 11.9 Å². The van der Waals surface area contributed by atoms with Crippen LogP contribution < -0.4 is 4.90 Å². The number of amides is 1. The number of benzene rings is 2. The monoisotopic (exact) mass is 531 g/mol. The summed E-state index contributed by atoms with van der Waals surface area (Å²) in [4.78, 5) is 55.8. The van der Waals surface area contributed by atoms with Crippen LogP contribution in [0.3, 0.4) is 0 Å². The molecule has 0 aromatic heterocycles. The average molecular weight is 532 g/mol. The molecule has 38 heavy (non-hydrogen) atoms. The van der Waals surface area contributed by atoms with Crippen LogP contribution >= 0.6 is 0 Å². The van der Waals surface area contributed by atoms with Crippen LogP contribution in [0.25, 0.3) is 0 Å². The van der Waals surface area contributed by atoms with E-state index in [0.717, 1.165) is 38.4 Å². The summed E-state index contributed by atoms with van der Waals surface area (Å²) >= 11 is 0. The molecule has 206 valence electrons. The van der Waals surface area contributed by atoms with Gasteiger partial charge in [0.1, 0.15) is 0 Å². The van der Waals surface area contributed by atoms with Crippen LogP contribution in [0.2, 0.25) is 0 Å². The zero-order chi connectivity index (χ0) is 28.8. The maximum Gasteiger partial charge on any atom is 0.414 e. The number of carboxylic acid groups (broad SMARTS) is 4. The number of hydrogen-bond donors (Lipinski definition) is 4. The minimum absolute atomic E-state index is 0.0960. The first-order valence-electron chi connectivity index (χ1n) is 11.6. The second-order valence-electron chi connectivity index (χ2n) is 8.43. The minimum Gasteiger partial charge on any atom is -0.473 e. The fraction of sp³-hybridized carbons (Fsp3) is 0.346. The summed E-state index contributed by atoms with van der Waals surface area (Å²) in [6.07, 6.45) is 0. The molecule has 4 N–H and O–H groups in total. The van der Waals surface area contributed by atoms with E-state index in [1.165, 1.54) is 11.1 Å². The Labute approximate surface area is 220 Å². The molecule has 1 unspecified atom stereocenters. The van der Waals surface area contributed by atoms with E-state index in [4.69, 9.17) is 39.6 Å². The number of aliphatic carboxylic acids is 4. The molecule has 1 aliphatic heterocycles. The molecule has 1 amide bonds. The van der Waals surface area contributed by atoms with E-state index in [2.05, 4.69) is 41.0 Å². The largest absolute Gasteiger partial charge is 0.473 e. The normalized spacial score (nSPS) is 14.0. The van der Waals surface area contributed by atoms with Gasteiger partial charge >= 0.3 is 23.9 Å². The molecule has 0 radical (unpaired) electrons. The molecule has 0 saturated carbocycles. The highest BCUT2D eigenvalue weighted by Gasteiger charge is 2.28. The molecule has 3 rings (SSSR count). The molecule has 1 saturated heterocycles. The Kier molecular flexibility index (Phi) is 13.1. The lowest BCUT2D eigenvalue weighted by atomic mass is 10.1. The molecule has 1 fully saturated rings. The number of carbonyl (C=O) groups is 5. The van der Waals surface area contributed by atoms with Gasteiger partial charge < -0.3 is 25.3 Å². The topological polar surface area (TPSA) is 176 Å². The van der Waals surface area contributed by atoms with E-state index in [9.17, 15) is 4.79 Å². The Morgan fingerprint density at radius 1 is 0.789 bits per heavy atom. The molecule has 0 spiro atoms. The van der Waals surface area contributed by atoms with Crippen molar-refractivity contribution in [3.05, 3.63) is 65.7 Å². The number of nitrogens with zero attached hydrogens (tertiary/aromatic N) is 3. The fourth-order valence-corrected chi connectivity index (χ4v) is 3.59. The van der Waals surface area contributed by atoms with E-state index in [1.807, 2.05) is 44.3 Å². The number of anilines is 1. The smallest absolute Gasteiger partial charge is 0.414 e. The number of para-hydroxylation sites is 1. The van der Waals surface area contributed by atoms with Gasteiger partial charge in [-0.25, -0.2) is 19.2 Å². The van der Waals surface area contributed by atoms with Gasteiger partial charge in [0.25, 0.3) is 0 Å². The molecule has 0 bridgehead atoms. The SMILES string of the molecule is Cc1cccc(CN2CCN(C(C)C(=O)N(C)c3ccccc3)CC2)c1.O=C(O)C(=O)O.O=C(O)C(=O)O. The third-order valence-corrected chi connectivity index (χ3v) is 5.64. The van der Waals surface area contributed by atoms with Gasteiger partial charge in [-0.3, -0.25) is 14.6 Å². The summed E-state index contributed by atoms with van der Waals surface area (Å²) in [5, 5.41) is 29.6. The molecule has 0 aliphatic carbocycles. The zero-order valence-corrected chi connectivity index (χ0v) is 21.5. The Bertz CT molecular complexity index is 1050.